The SMILES string of the molecule is Cc1nc(-c2nc(-c3ccc(OC(F)(F)F)cc3)no2)nn1CC1C=CC(C(C)C)=CC1. The van der Waals surface area contributed by atoms with Crippen molar-refractivity contribution in [3.63, 3.8) is 0 Å². The normalized spacial score (nSPS) is 16.5. The lowest BCUT2D eigenvalue weighted by Gasteiger charge is -2.18. The Morgan fingerprint density at radius 3 is 2.53 bits per heavy atom. The molecule has 1 aliphatic carbocycles. The summed E-state index contributed by atoms with van der Waals surface area (Å²) in [6.07, 6.45) is 2.83. The summed E-state index contributed by atoms with van der Waals surface area (Å²) < 4.78 is 47.9. The van der Waals surface area contributed by atoms with Gasteiger partial charge in [-0.2, -0.15) is 4.98 Å². The first-order valence-electron chi connectivity index (χ1n) is 10.2. The number of rotatable bonds is 6. The van der Waals surface area contributed by atoms with Crippen molar-refractivity contribution in [2.45, 2.75) is 40.1 Å². The Bertz CT molecular complexity index is 1140. The molecule has 2 heterocycles. The van der Waals surface area contributed by atoms with E-state index in [2.05, 4.69) is 57.0 Å². The molecule has 168 valence electrons. The number of aryl methyl sites for hydroxylation is 1. The standard InChI is InChI=1S/C22H22F3N5O2/c1-13(2)16-6-4-15(5-7-16)12-30-14(3)26-20(28-30)21-27-19(29-32-21)17-8-10-18(11-9-17)31-22(23,24)25/h4,6-11,13,15H,5,12H2,1-3H3. The van der Waals surface area contributed by atoms with Gasteiger partial charge in [-0.3, -0.25) is 0 Å². The average molecular weight is 445 g/mol. The third-order valence-electron chi connectivity index (χ3n) is 5.11. The highest BCUT2D eigenvalue weighted by atomic mass is 19.4. The van der Waals surface area contributed by atoms with E-state index in [9.17, 15) is 13.2 Å². The molecule has 0 saturated heterocycles. The van der Waals surface area contributed by atoms with Crippen LogP contribution in [0.3, 0.4) is 0 Å². The summed E-state index contributed by atoms with van der Waals surface area (Å²) in [5.41, 5.74) is 1.82. The Labute approximate surface area is 182 Å². The largest absolute Gasteiger partial charge is 0.573 e. The number of hydrogen-bond acceptors (Lipinski definition) is 6. The third kappa shape index (κ3) is 5.06. The molecule has 0 saturated carbocycles. The maximum absolute atomic E-state index is 12.3. The zero-order valence-electron chi connectivity index (χ0n) is 17.8. The maximum atomic E-state index is 12.3. The summed E-state index contributed by atoms with van der Waals surface area (Å²) in [6, 6.07) is 5.21. The molecule has 1 aromatic carbocycles. The highest BCUT2D eigenvalue weighted by molar-refractivity contribution is 5.57. The lowest BCUT2D eigenvalue weighted by Crippen LogP contribution is -2.16. The van der Waals surface area contributed by atoms with Crippen LogP contribution in [0.15, 0.2) is 52.6 Å². The van der Waals surface area contributed by atoms with Gasteiger partial charge >= 0.3 is 6.36 Å². The smallest absolute Gasteiger partial charge is 0.406 e. The van der Waals surface area contributed by atoms with Crippen molar-refractivity contribution >= 4 is 0 Å². The zero-order valence-corrected chi connectivity index (χ0v) is 17.8. The number of aromatic nitrogens is 5. The van der Waals surface area contributed by atoms with Crippen molar-refractivity contribution in [2.24, 2.45) is 11.8 Å². The fourth-order valence-corrected chi connectivity index (χ4v) is 3.39. The molecule has 7 nitrogen and oxygen atoms in total. The molecule has 4 rings (SSSR count). The Morgan fingerprint density at radius 2 is 1.91 bits per heavy atom. The Kier molecular flexibility index (Phi) is 5.86. The molecule has 32 heavy (non-hydrogen) atoms. The van der Waals surface area contributed by atoms with Gasteiger partial charge in [-0.15, -0.1) is 18.3 Å². The van der Waals surface area contributed by atoms with Crippen LogP contribution in [0, 0.1) is 18.8 Å². The highest BCUT2D eigenvalue weighted by Gasteiger charge is 2.31. The van der Waals surface area contributed by atoms with Crippen molar-refractivity contribution in [3.8, 4) is 28.9 Å². The van der Waals surface area contributed by atoms with Gasteiger partial charge in [0.25, 0.3) is 5.89 Å². The lowest BCUT2D eigenvalue weighted by molar-refractivity contribution is -0.274. The Hall–Kier alpha value is -3.43. The van der Waals surface area contributed by atoms with Crippen LogP contribution in [-0.2, 0) is 6.54 Å². The third-order valence-corrected chi connectivity index (χ3v) is 5.11. The molecule has 1 atom stereocenters. The first-order valence-corrected chi connectivity index (χ1v) is 10.2. The van der Waals surface area contributed by atoms with Gasteiger partial charge in [0, 0.05) is 18.0 Å². The number of allylic oxidation sites excluding steroid dienone is 4. The number of nitrogens with zero attached hydrogens (tertiary/aromatic N) is 5. The number of alkyl halides is 3. The number of hydrogen-bond donors (Lipinski definition) is 0. The minimum Gasteiger partial charge on any atom is -0.406 e. The molecule has 0 spiro atoms. The molecular formula is C22H22F3N5O2. The molecule has 0 amide bonds. The summed E-state index contributed by atoms with van der Waals surface area (Å²) in [6.45, 7) is 6.88. The van der Waals surface area contributed by atoms with Gasteiger partial charge in [-0.1, -0.05) is 37.2 Å². The minimum absolute atomic E-state index is 0.138. The van der Waals surface area contributed by atoms with E-state index in [0.717, 1.165) is 12.2 Å². The maximum Gasteiger partial charge on any atom is 0.573 e. The van der Waals surface area contributed by atoms with Gasteiger partial charge in [0.1, 0.15) is 11.6 Å². The second-order valence-electron chi connectivity index (χ2n) is 7.87. The predicted molar refractivity (Wildman–Crippen MR) is 110 cm³/mol. The quantitative estimate of drug-likeness (QED) is 0.508. The molecule has 3 aromatic rings. The number of halogens is 3. The summed E-state index contributed by atoms with van der Waals surface area (Å²) in [5, 5.41) is 8.39. The van der Waals surface area contributed by atoms with Crippen molar-refractivity contribution in [3.05, 3.63) is 53.9 Å². The van der Waals surface area contributed by atoms with Crippen molar-refractivity contribution in [1.29, 1.82) is 0 Å². The van der Waals surface area contributed by atoms with Gasteiger partial charge in [0.2, 0.25) is 11.6 Å². The van der Waals surface area contributed by atoms with Crippen LogP contribution in [0.4, 0.5) is 13.2 Å². The molecule has 0 aliphatic heterocycles. The van der Waals surface area contributed by atoms with Gasteiger partial charge in [-0.05, 0) is 49.1 Å². The van der Waals surface area contributed by atoms with Crippen LogP contribution in [0.5, 0.6) is 5.75 Å². The van der Waals surface area contributed by atoms with Crippen molar-refractivity contribution in [2.75, 3.05) is 0 Å². The van der Waals surface area contributed by atoms with E-state index < -0.39 is 6.36 Å². The summed E-state index contributed by atoms with van der Waals surface area (Å²) in [7, 11) is 0. The zero-order chi connectivity index (χ0) is 22.9. The van der Waals surface area contributed by atoms with E-state index >= 15 is 0 Å². The fraction of sp³-hybridized carbons (Fsp3) is 0.364. The van der Waals surface area contributed by atoms with Gasteiger partial charge in [0.05, 0.1) is 0 Å². The molecule has 0 radical (unpaired) electrons. The van der Waals surface area contributed by atoms with Gasteiger partial charge in [0.15, 0.2) is 0 Å². The topological polar surface area (TPSA) is 78.9 Å². The predicted octanol–water partition coefficient (Wildman–Crippen LogP) is 5.36. The molecular weight excluding hydrogens is 423 g/mol. The molecule has 0 bridgehead atoms. The summed E-state index contributed by atoms with van der Waals surface area (Å²) in [4.78, 5) is 8.71. The van der Waals surface area contributed by atoms with Crippen LogP contribution in [0.25, 0.3) is 23.1 Å². The van der Waals surface area contributed by atoms with Gasteiger partial charge in [-0.25, -0.2) is 9.67 Å². The van der Waals surface area contributed by atoms with E-state index in [0.29, 0.717) is 29.8 Å². The van der Waals surface area contributed by atoms with Crippen LogP contribution in [-0.4, -0.2) is 31.3 Å². The molecule has 0 N–H and O–H groups in total. The minimum atomic E-state index is -4.75. The summed E-state index contributed by atoms with van der Waals surface area (Å²) >= 11 is 0. The Balaban J connectivity index is 1.45. The summed E-state index contributed by atoms with van der Waals surface area (Å²) in [5.74, 6) is 1.88. The average Bonchev–Trinajstić information content (AvgIpc) is 3.35. The van der Waals surface area contributed by atoms with Crippen LogP contribution >= 0.6 is 0 Å². The van der Waals surface area contributed by atoms with Crippen LogP contribution in [0.2, 0.25) is 0 Å². The number of benzene rings is 1. The first-order chi connectivity index (χ1) is 15.2. The Morgan fingerprint density at radius 1 is 1.16 bits per heavy atom. The molecule has 0 fully saturated rings. The second kappa shape index (κ2) is 8.60. The van der Waals surface area contributed by atoms with E-state index in [-0.39, 0.29) is 17.5 Å². The first kappa shape index (κ1) is 21.8. The van der Waals surface area contributed by atoms with E-state index in [4.69, 9.17) is 4.52 Å². The molecule has 10 heteroatoms. The van der Waals surface area contributed by atoms with Crippen molar-refractivity contribution in [1.82, 2.24) is 24.9 Å². The van der Waals surface area contributed by atoms with Crippen molar-refractivity contribution < 1.29 is 22.4 Å². The molecule has 2 aromatic heterocycles. The monoisotopic (exact) mass is 445 g/mol. The fourth-order valence-electron chi connectivity index (χ4n) is 3.39. The highest BCUT2D eigenvalue weighted by Crippen LogP contribution is 2.27. The van der Waals surface area contributed by atoms with Crippen LogP contribution in [0.1, 0.15) is 26.1 Å². The molecule has 1 unspecified atom stereocenters. The molecule has 1 aliphatic rings. The van der Waals surface area contributed by atoms with Gasteiger partial charge < -0.3 is 9.26 Å². The lowest BCUT2D eigenvalue weighted by atomic mass is 9.91. The van der Waals surface area contributed by atoms with E-state index in [1.54, 1.807) is 0 Å². The van der Waals surface area contributed by atoms with Crippen LogP contribution < -0.4 is 4.74 Å². The van der Waals surface area contributed by atoms with E-state index in [1.807, 2.05) is 11.6 Å². The van der Waals surface area contributed by atoms with E-state index in [1.165, 1.54) is 29.8 Å². The number of ether oxygens (including phenoxy) is 1. The second-order valence-corrected chi connectivity index (χ2v) is 7.87.